The van der Waals surface area contributed by atoms with E-state index in [-0.39, 0.29) is 6.04 Å². The second-order valence-electron chi connectivity index (χ2n) is 8.18. The summed E-state index contributed by atoms with van der Waals surface area (Å²) in [6, 6.07) is 6.71. The summed E-state index contributed by atoms with van der Waals surface area (Å²) in [6.45, 7) is 7.14. The van der Waals surface area contributed by atoms with E-state index in [0.717, 1.165) is 37.7 Å². The van der Waals surface area contributed by atoms with Crippen LogP contribution in [0.1, 0.15) is 42.9 Å². The lowest BCUT2D eigenvalue weighted by molar-refractivity contribution is -0.141. The number of aryl methyl sites for hydroxylation is 1. The van der Waals surface area contributed by atoms with Crippen molar-refractivity contribution in [1.29, 1.82) is 0 Å². The van der Waals surface area contributed by atoms with Crippen molar-refractivity contribution in [3.05, 3.63) is 41.3 Å². The first-order chi connectivity index (χ1) is 14.8. The molecule has 4 heterocycles. The first-order valence-corrected chi connectivity index (χ1v) is 10.6. The molecular formula is C22H27F3N4O2. The van der Waals surface area contributed by atoms with Crippen LogP contribution in [0.3, 0.4) is 0 Å². The van der Waals surface area contributed by atoms with Gasteiger partial charge in [-0.1, -0.05) is 0 Å². The molecule has 168 valence electrons. The molecule has 0 amide bonds. The van der Waals surface area contributed by atoms with Crippen LogP contribution < -0.4 is 14.8 Å². The minimum Gasteiger partial charge on any atom is -0.484 e. The lowest BCUT2D eigenvalue weighted by atomic mass is 9.96. The lowest BCUT2D eigenvalue weighted by Gasteiger charge is -2.37. The first kappa shape index (κ1) is 21.7. The Hall–Kier alpha value is -2.55. The molecule has 1 saturated heterocycles. The molecule has 0 aliphatic carbocycles. The number of halogens is 3. The highest BCUT2D eigenvalue weighted by Crippen LogP contribution is 2.33. The number of likely N-dealkylation sites (tertiary alicyclic amines) is 1. The number of rotatable bonds is 5. The van der Waals surface area contributed by atoms with Crippen LogP contribution in [0, 0.1) is 12.8 Å². The molecular weight excluding hydrogens is 409 g/mol. The smallest absolute Gasteiger partial charge is 0.433 e. The SMILES string of the molecule is Cc1cc(NC[C@@H]2CCCN(C(C)c3ccc4c(n3)OCCO4)C2)cc(C(F)(F)F)n1. The van der Waals surface area contributed by atoms with Crippen molar-refractivity contribution in [2.45, 2.75) is 38.9 Å². The van der Waals surface area contributed by atoms with E-state index in [1.54, 1.807) is 13.0 Å². The number of piperidine rings is 1. The molecule has 2 aliphatic rings. The number of aromatic nitrogens is 2. The highest BCUT2D eigenvalue weighted by atomic mass is 19.4. The van der Waals surface area contributed by atoms with Crippen LogP contribution in [0.15, 0.2) is 24.3 Å². The van der Waals surface area contributed by atoms with E-state index in [4.69, 9.17) is 9.47 Å². The van der Waals surface area contributed by atoms with Crippen molar-refractivity contribution in [2.75, 3.05) is 38.2 Å². The van der Waals surface area contributed by atoms with E-state index in [2.05, 4.69) is 27.1 Å². The number of alkyl halides is 3. The maximum atomic E-state index is 13.0. The zero-order valence-electron chi connectivity index (χ0n) is 17.7. The Morgan fingerprint density at radius 2 is 2.00 bits per heavy atom. The number of nitrogens with one attached hydrogen (secondary N) is 1. The Morgan fingerprint density at radius 3 is 2.81 bits per heavy atom. The maximum Gasteiger partial charge on any atom is 0.433 e. The van der Waals surface area contributed by atoms with E-state index in [1.165, 1.54) is 0 Å². The first-order valence-electron chi connectivity index (χ1n) is 10.6. The van der Waals surface area contributed by atoms with Crippen molar-refractivity contribution in [1.82, 2.24) is 14.9 Å². The highest BCUT2D eigenvalue weighted by molar-refractivity contribution is 5.46. The number of hydrogen-bond acceptors (Lipinski definition) is 6. The van der Waals surface area contributed by atoms with E-state index >= 15 is 0 Å². The molecule has 2 aromatic rings. The third kappa shape index (κ3) is 5.20. The largest absolute Gasteiger partial charge is 0.484 e. The normalized spacial score (nSPS) is 20.4. The van der Waals surface area contributed by atoms with Crippen molar-refractivity contribution in [3.8, 4) is 11.6 Å². The number of hydrogen-bond donors (Lipinski definition) is 1. The summed E-state index contributed by atoms with van der Waals surface area (Å²) in [5.74, 6) is 1.55. The minimum atomic E-state index is -4.45. The molecule has 6 nitrogen and oxygen atoms in total. The molecule has 1 unspecified atom stereocenters. The van der Waals surface area contributed by atoms with Crippen molar-refractivity contribution in [3.63, 3.8) is 0 Å². The van der Waals surface area contributed by atoms with Gasteiger partial charge < -0.3 is 14.8 Å². The van der Waals surface area contributed by atoms with Crippen LogP contribution in [0.25, 0.3) is 0 Å². The number of nitrogens with zero attached hydrogens (tertiary/aromatic N) is 3. The molecule has 0 aromatic carbocycles. The Morgan fingerprint density at radius 1 is 1.19 bits per heavy atom. The van der Waals surface area contributed by atoms with E-state index < -0.39 is 11.9 Å². The van der Waals surface area contributed by atoms with Crippen molar-refractivity contribution in [2.24, 2.45) is 5.92 Å². The standard InChI is InChI=1S/C22H27F3N4O2/c1-14-10-17(11-20(27-14)22(23,24)25)26-12-16-4-3-7-29(13-16)15(2)18-5-6-19-21(28-18)31-9-8-30-19/h5-6,10-11,15-16H,3-4,7-9,12-13H2,1-2H3,(H,26,27)/t15?,16-/m0/s1. The fraction of sp³-hybridized carbons (Fsp3) is 0.545. The van der Waals surface area contributed by atoms with Gasteiger partial charge in [0.05, 0.1) is 5.69 Å². The Labute approximate surface area is 179 Å². The topological polar surface area (TPSA) is 59.5 Å². The third-order valence-electron chi connectivity index (χ3n) is 5.79. The van der Waals surface area contributed by atoms with Gasteiger partial charge in [-0.2, -0.15) is 13.2 Å². The second kappa shape index (κ2) is 8.90. The van der Waals surface area contributed by atoms with E-state index in [1.807, 2.05) is 12.1 Å². The summed E-state index contributed by atoms with van der Waals surface area (Å²) < 4.78 is 50.2. The summed E-state index contributed by atoms with van der Waals surface area (Å²) in [5, 5.41) is 3.19. The average Bonchev–Trinajstić information content (AvgIpc) is 2.76. The molecule has 2 aliphatic heterocycles. The lowest BCUT2D eigenvalue weighted by Crippen LogP contribution is -2.39. The fourth-order valence-electron chi connectivity index (χ4n) is 4.16. The van der Waals surface area contributed by atoms with Crippen molar-refractivity contribution >= 4 is 5.69 Å². The molecule has 0 bridgehead atoms. The predicted octanol–water partition coefficient (Wildman–Crippen LogP) is 4.46. The van der Waals surface area contributed by atoms with Crippen LogP contribution in [-0.2, 0) is 6.18 Å². The van der Waals surface area contributed by atoms with Crippen LogP contribution in [0.4, 0.5) is 18.9 Å². The number of pyridine rings is 2. The summed E-state index contributed by atoms with van der Waals surface area (Å²) in [7, 11) is 0. The van der Waals surface area contributed by atoms with Crippen LogP contribution in [0.2, 0.25) is 0 Å². The number of fused-ring (bicyclic) bond motifs is 1. The quantitative estimate of drug-likeness (QED) is 0.747. The van der Waals surface area contributed by atoms with E-state index in [0.29, 0.717) is 48.7 Å². The zero-order valence-corrected chi connectivity index (χ0v) is 17.7. The van der Waals surface area contributed by atoms with Crippen LogP contribution in [0.5, 0.6) is 11.6 Å². The second-order valence-corrected chi connectivity index (χ2v) is 8.18. The van der Waals surface area contributed by atoms with Gasteiger partial charge in [0.1, 0.15) is 18.9 Å². The summed E-state index contributed by atoms with van der Waals surface area (Å²) in [5.41, 5.74) is 0.871. The summed E-state index contributed by atoms with van der Waals surface area (Å²) in [4.78, 5) is 10.6. The van der Waals surface area contributed by atoms with E-state index in [9.17, 15) is 13.2 Å². The molecule has 2 aromatic heterocycles. The van der Waals surface area contributed by atoms with Gasteiger partial charge in [0.25, 0.3) is 5.88 Å². The highest BCUT2D eigenvalue weighted by Gasteiger charge is 2.33. The van der Waals surface area contributed by atoms with Gasteiger partial charge in [-0.15, -0.1) is 0 Å². The number of ether oxygens (including phenoxy) is 2. The van der Waals surface area contributed by atoms with Crippen LogP contribution in [-0.4, -0.2) is 47.7 Å². The molecule has 0 radical (unpaired) electrons. The van der Waals surface area contributed by atoms with Crippen molar-refractivity contribution < 1.29 is 22.6 Å². The summed E-state index contributed by atoms with van der Waals surface area (Å²) >= 11 is 0. The molecule has 4 rings (SSSR count). The van der Waals surface area contributed by atoms with Gasteiger partial charge in [-0.3, -0.25) is 4.90 Å². The maximum absolute atomic E-state index is 13.0. The Kier molecular flexibility index (Phi) is 6.22. The average molecular weight is 436 g/mol. The zero-order chi connectivity index (χ0) is 22.0. The summed E-state index contributed by atoms with van der Waals surface area (Å²) in [6.07, 6.45) is -2.39. The Bertz CT molecular complexity index is 922. The molecule has 31 heavy (non-hydrogen) atoms. The Balaban J connectivity index is 1.38. The van der Waals surface area contributed by atoms with Crippen LogP contribution >= 0.6 is 0 Å². The third-order valence-corrected chi connectivity index (χ3v) is 5.79. The molecule has 0 saturated carbocycles. The minimum absolute atomic E-state index is 0.110. The van der Waals surface area contributed by atoms with Gasteiger partial charge in [0.2, 0.25) is 0 Å². The number of anilines is 1. The monoisotopic (exact) mass is 436 g/mol. The molecule has 9 heteroatoms. The van der Waals surface area contributed by atoms with Gasteiger partial charge >= 0.3 is 6.18 Å². The predicted molar refractivity (Wildman–Crippen MR) is 110 cm³/mol. The van der Waals surface area contributed by atoms with Gasteiger partial charge in [-0.25, -0.2) is 9.97 Å². The van der Waals surface area contributed by atoms with Gasteiger partial charge in [0, 0.05) is 30.5 Å². The fourth-order valence-corrected chi connectivity index (χ4v) is 4.16. The molecule has 0 spiro atoms. The molecule has 2 atom stereocenters. The molecule has 1 fully saturated rings. The molecule has 1 N–H and O–H groups in total. The van der Waals surface area contributed by atoms with Gasteiger partial charge in [0.15, 0.2) is 5.75 Å². The van der Waals surface area contributed by atoms with Gasteiger partial charge in [-0.05, 0) is 63.4 Å².